The third-order valence-electron chi connectivity index (χ3n) is 3.13. The quantitative estimate of drug-likeness (QED) is 0.736. The molecule has 0 aliphatic rings. The molecule has 0 amide bonds. The lowest BCUT2D eigenvalue weighted by Gasteiger charge is -2.06. The molecule has 0 bridgehead atoms. The van der Waals surface area contributed by atoms with E-state index in [-0.39, 0.29) is 5.69 Å². The van der Waals surface area contributed by atoms with Crippen LogP contribution in [0, 0.1) is 17.5 Å². The summed E-state index contributed by atoms with van der Waals surface area (Å²) in [5.41, 5.74) is 1.41. The van der Waals surface area contributed by atoms with E-state index in [1.807, 2.05) is 30.3 Å². The molecule has 3 nitrogen and oxygen atoms in total. The summed E-state index contributed by atoms with van der Waals surface area (Å²) in [5.74, 6) is -3.97. The minimum absolute atomic E-state index is 0.141. The number of rotatable bonds is 4. The van der Waals surface area contributed by atoms with Crippen LogP contribution in [0.5, 0.6) is 0 Å². The minimum Gasteiger partial charge on any atom is -0.350 e. The first-order valence-electron chi connectivity index (χ1n) is 6.60. The van der Waals surface area contributed by atoms with Crippen molar-refractivity contribution in [2.45, 2.75) is 6.54 Å². The normalized spacial score (nSPS) is 10.7. The number of anilines is 2. The third-order valence-corrected chi connectivity index (χ3v) is 3.13. The number of halogens is 3. The second kappa shape index (κ2) is 5.93. The van der Waals surface area contributed by atoms with Crippen LogP contribution in [-0.4, -0.2) is 9.78 Å². The fourth-order valence-electron chi connectivity index (χ4n) is 2.06. The molecule has 22 heavy (non-hydrogen) atoms. The molecule has 2 aromatic carbocycles. The van der Waals surface area contributed by atoms with E-state index in [4.69, 9.17) is 0 Å². The molecule has 3 aromatic rings. The van der Waals surface area contributed by atoms with Crippen molar-refractivity contribution in [2.24, 2.45) is 0 Å². The van der Waals surface area contributed by atoms with Crippen molar-refractivity contribution in [3.05, 3.63) is 77.9 Å². The Hall–Kier alpha value is -2.76. The number of hydrogen-bond donors (Lipinski definition) is 1. The largest absolute Gasteiger partial charge is 0.350 e. The first-order chi connectivity index (χ1) is 10.6. The van der Waals surface area contributed by atoms with Crippen molar-refractivity contribution in [2.75, 3.05) is 5.32 Å². The second-order valence-corrected chi connectivity index (χ2v) is 4.76. The van der Waals surface area contributed by atoms with Crippen molar-refractivity contribution in [1.82, 2.24) is 9.78 Å². The Kier molecular flexibility index (Phi) is 3.82. The number of nitrogens with zero attached hydrogens (tertiary/aromatic N) is 2. The summed E-state index contributed by atoms with van der Waals surface area (Å²) in [7, 11) is 0. The fraction of sp³-hybridized carbons (Fsp3) is 0.0625. The molecule has 0 atom stereocenters. The molecule has 1 heterocycles. The van der Waals surface area contributed by atoms with Gasteiger partial charge < -0.3 is 5.32 Å². The van der Waals surface area contributed by atoms with Crippen LogP contribution < -0.4 is 5.32 Å². The molecule has 0 aliphatic heterocycles. The maximum absolute atomic E-state index is 13.6. The highest BCUT2D eigenvalue weighted by molar-refractivity contribution is 5.58. The summed E-state index contributed by atoms with van der Waals surface area (Å²) in [4.78, 5) is 0. The van der Waals surface area contributed by atoms with E-state index in [0.717, 1.165) is 17.7 Å². The topological polar surface area (TPSA) is 29.9 Å². The van der Waals surface area contributed by atoms with Gasteiger partial charge in [-0.05, 0) is 17.7 Å². The zero-order chi connectivity index (χ0) is 15.5. The number of nitrogens with one attached hydrogen (secondary N) is 1. The standard InChI is InChI=1S/C16H12F3N3/c17-13-6-7-14(16(19)15(13)18)21-12-8-20-22(10-12)9-11-4-2-1-3-5-11/h1-8,10,21H,9H2. The van der Waals surface area contributed by atoms with E-state index in [9.17, 15) is 13.2 Å². The summed E-state index contributed by atoms with van der Waals surface area (Å²) in [6.07, 6.45) is 3.15. The Morgan fingerprint density at radius 3 is 2.50 bits per heavy atom. The van der Waals surface area contributed by atoms with Gasteiger partial charge in [0.15, 0.2) is 17.5 Å². The minimum atomic E-state index is -1.50. The summed E-state index contributed by atoms with van der Waals surface area (Å²) < 4.78 is 41.3. The van der Waals surface area contributed by atoms with E-state index in [1.54, 1.807) is 10.9 Å². The van der Waals surface area contributed by atoms with E-state index in [0.29, 0.717) is 12.2 Å². The molecule has 1 N–H and O–H groups in total. The van der Waals surface area contributed by atoms with Gasteiger partial charge in [0, 0.05) is 6.20 Å². The molecule has 0 saturated heterocycles. The van der Waals surface area contributed by atoms with Gasteiger partial charge >= 0.3 is 0 Å². The van der Waals surface area contributed by atoms with Gasteiger partial charge in [0.2, 0.25) is 0 Å². The van der Waals surface area contributed by atoms with Crippen LogP contribution in [0.15, 0.2) is 54.9 Å². The number of hydrogen-bond acceptors (Lipinski definition) is 2. The Bertz CT molecular complexity index is 785. The van der Waals surface area contributed by atoms with Gasteiger partial charge in [0.1, 0.15) is 0 Å². The molecule has 0 fully saturated rings. The summed E-state index contributed by atoms with van der Waals surface area (Å²) in [6, 6.07) is 11.7. The molecular weight excluding hydrogens is 291 g/mol. The first-order valence-corrected chi connectivity index (χ1v) is 6.60. The molecule has 0 aliphatic carbocycles. The third kappa shape index (κ3) is 2.95. The Balaban J connectivity index is 1.76. The zero-order valence-corrected chi connectivity index (χ0v) is 11.4. The smallest absolute Gasteiger partial charge is 0.196 e. The van der Waals surface area contributed by atoms with Gasteiger partial charge in [-0.3, -0.25) is 4.68 Å². The average Bonchev–Trinajstić information content (AvgIpc) is 2.96. The lowest BCUT2D eigenvalue weighted by molar-refractivity contribution is 0.449. The van der Waals surface area contributed by atoms with Crippen molar-refractivity contribution < 1.29 is 13.2 Å². The van der Waals surface area contributed by atoms with Crippen LogP contribution in [0.4, 0.5) is 24.5 Å². The predicted octanol–water partition coefficient (Wildman–Crippen LogP) is 4.09. The zero-order valence-electron chi connectivity index (χ0n) is 11.4. The van der Waals surface area contributed by atoms with Gasteiger partial charge in [0.05, 0.1) is 24.1 Å². The molecule has 0 saturated carbocycles. The SMILES string of the molecule is Fc1ccc(Nc2cnn(Cc3ccccc3)c2)c(F)c1F. The molecular formula is C16H12F3N3. The second-order valence-electron chi connectivity index (χ2n) is 4.76. The fourth-order valence-corrected chi connectivity index (χ4v) is 2.06. The van der Waals surface area contributed by atoms with E-state index < -0.39 is 17.5 Å². The van der Waals surface area contributed by atoms with Crippen molar-refractivity contribution in [3.63, 3.8) is 0 Å². The highest BCUT2D eigenvalue weighted by Gasteiger charge is 2.13. The average molecular weight is 303 g/mol. The first kappa shape index (κ1) is 14.2. The van der Waals surface area contributed by atoms with Gasteiger partial charge in [-0.1, -0.05) is 30.3 Å². The van der Waals surface area contributed by atoms with E-state index in [1.165, 1.54) is 6.20 Å². The van der Waals surface area contributed by atoms with Crippen LogP contribution >= 0.6 is 0 Å². The Labute approximate surface area is 125 Å². The van der Waals surface area contributed by atoms with Crippen molar-refractivity contribution in [1.29, 1.82) is 0 Å². The molecule has 0 spiro atoms. The van der Waals surface area contributed by atoms with Crippen LogP contribution in [0.3, 0.4) is 0 Å². The van der Waals surface area contributed by atoms with Gasteiger partial charge in [-0.2, -0.15) is 5.10 Å². The van der Waals surface area contributed by atoms with E-state index in [2.05, 4.69) is 10.4 Å². The Morgan fingerprint density at radius 1 is 0.955 bits per heavy atom. The lowest BCUT2D eigenvalue weighted by atomic mass is 10.2. The maximum atomic E-state index is 13.6. The molecule has 6 heteroatoms. The van der Waals surface area contributed by atoms with Crippen LogP contribution in [-0.2, 0) is 6.54 Å². The highest BCUT2D eigenvalue weighted by Crippen LogP contribution is 2.23. The maximum Gasteiger partial charge on any atom is 0.196 e. The number of aromatic nitrogens is 2. The highest BCUT2D eigenvalue weighted by atomic mass is 19.2. The van der Waals surface area contributed by atoms with Crippen molar-refractivity contribution >= 4 is 11.4 Å². The summed E-state index contributed by atoms with van der Waals surface area (Å²) in [5, 5.41) is 6.82. The van der Waals surface area contributed by atoms with Crippen LogP contribution in [0.25, 0.3) is 0 Å². The predicted molar refractivity (Wildman–Crippen MR) is 77.4 cm³/mol. The molecule has 1 aromatic heterocycles. The lowest BCUT2D eigenvalue weighted by Crippen LogP contribution is -2.00. The monoisotopic (exact) mass is 303 g/mol. The van der Waals surface area contributed by atoms with Crippen molar-refractivity contribution in [3.8, 4) is 0 Å². The van der Waals surface area contributed by atoms with Gasteiger partial charge in [-0.25, -0.2) is 13.2 Å². The Morgan fingerprint density at radius 2 is 1.73 bits per heavy atom. The van der Waals surface area contributed by atoms with Gasteiger partial charge in [-0.15, -0.1) is 0 Å². The molecule has 3 rings (SSSR count). The van der Waals surface area contributed by atoms with Crippen LogP contribution in [0.2, 0.25) is 0 Å². The van der Waals surface area contributed by atoms with Crippen LogP contribution in [0.1, 0.15) is 5.56 Å². The van der Waals surface area contributed by atoms with Gasteiger partial charge in [0.25, 0.3) is 0 Å². The molecule has 112 valence electrons. The molecule has 0 radical (unpaired) electrons. The van der Waals surface area contributed by atoms with E-state index >= 15 is 0 Å². The number of benzene rings is 2. The summed E-state index contributed by atoms with van der Waals surface area (Å²) >= 11 is 0. The summed E-state index contributed by atoms with van der Waals surface area (Å²) in [6.45, 7) is 0.558. The molecule has 0 unspecified atom stereocenters.